The Morgan fingerprint density at radius 3 is 2.48 bits per heavy atom. The van der Waals surface area contributed by atoms with E-state index in [2.05, 4.69) is 20.6 Å². The molecule has 138 valence electrons. The second-order valence-electron chi connectivity index (χ2n) is 5.64. The average molecular weight is 372 g/mol. The third kappa shape index (κ3) is 4.81. The maximum absolute atomic E-state index is 13.0. The van der Waals surface area contributed by atoms with Crippen LogP contribution in [0.4, 0.5) is 24.5 Å². The highest BCUT2D eigenvalue weighted by Gasteiger charge is 2.33. The summed E-state index contributed by atoms with van der Waals surface area (Å²) in [6.07, 6.45) is 0.115. The Hall–Kier alpha value is -3.42. The highest BCUT2D eigenvalue weighted by atomic mass is 19.4. The molecule has 0 aliphatic carbocycles. The quantitative estimate of drug-likeness (QED) is 0.706. The summed E-state index contributed by atoms with van der Waals surface area (Å²) in [5.74, 6) is -0.388. The van der Waals surface area contributed by atoms with Crippen molar-refractivity contribution in [1.82, 2.24) is 15.3 Å². The third-order valence-corrected chi connectivity index (χ3v) is 3.68. The largest absolute Gasteiger partial charge is 0.418 e. The van der Waals surface area contributed by atoms with E-state index in [0.29, 0.717) is 12.2 Å². The number of para-hydroxylation sites is 1. The van der Waals surface area contributed by atoms with Crippen LogP contribution < -0.4 is 10.6 Å². The number of alkyl halides is 3. The fraction of sp³-hybridized carbons (Fsp3) is 0.105. The Bertz CT molecular complexity index is 912. The summed E-state index contributed by atoms with van der Waals surface area (Å²) < 4.78 is 39.1. The number of nitrogens with one attached hydrogen (secondary N) is 2. The molecule has 5 nitrogen and oxygen atoms in total. The van der Waals surface area contributed by atoms with E-state index in [4.69, 9.17) is 0 Å². The number of rotatable bonds is 5. The summed E-state index contributed by atoms with van der Waals surface area (Å²) in [5.41, 5.74) is 0.487. The van der Waals surface area contributed by atoms with Crippen LogP contribution in [0, 0.1) is 0 Å². The van der Waals surface area contributed by atoms with Gasteiger partial charge in [0.2, 0.25) is 0 Å². The van der Waals surface area contributed by atoms with Crippen molar-refractivity contribution in [2.24, 2.45) is 0 Å². The van der Waals surface area contributed by atoms with Gasteiger partial charge in [-0.2, -0.15) is 13.2 Å². The summed E-state index contributed by atoms with van der Waals surface area (Å²) in [5, 5.41) is 5.38. The molecular formula is C19H15F3N4O. The lowest BCUT2D eigenvalue weighted by Gasteiger charge is -2.14. The van der Waals surface area contributed by atoms with Gasteiger partial charge in [-0.1, -0.05) is 18.2 Å². The number of anilines is 2. The van der Waals surface area contributed by atoms with Gasteiger partial charge in [0.15, 0.2) is 0 Å². The summed E-state index contributed by atoms with van der Waals surface area (Å²) in [6, 6.07) is 11.7. The summed E-state index contributed by atoms with van der Waals surface area (Å²) >= 11 is 0. The molecule has 0 fully saturated rings. The molecule has 0 saturated carbocycles. The Labute approximate surface area is 153 Å². The van der Waals surface area contributed by atoms with Gasteiger partial charge in [-0.05, 0) is 35.9 Å². The van der Waals surface area contributed by atoms with Crippen molar-refractivity contribution in [2.75, 3.05) is 5.32 Å². The third-order valence-electron chi connectivity index (χ3n) is 3.68. The second-order valence-corrected chi connectivity index (χ2v) is 5.64. The van der Waals surface area contributed by atoms with Crippen LogP contribution >= 0.6 is 0 Å². The molecule has 27 heavy (non-hydrogen) atoms. The Morgan fingerprint density at radius 2 is 1.81 bits per heavy atom. The first-order chi connectivity index (χ1) is 12.9. The molecule has 0 atom stereocenters. The fourth-order valence-corrected chi connectivity index (χ4v) is 2.37. The van der Waals surface area contributed by atoms with Crippen LogP contribution in [0.1, 0.15) is 21.6 Å². The fourth-order valence-electron chi connectivity index (χ4n) is 2.37. The van der Waals surface area contributed by atoms with E-state index in [0.717, 1.165) is 11.6 Å². The molecule has 0 bridgehead atoms. The normalized spacial score (nSPS) is 11.1. The van der Waals surface area contributed by atoms with Crippen LogP contribution in [0.2, 0.25) is 0 Å². The monoisotopic (exact) mass is 372 g/mol. The van der Waals surface area contributed by atoms with Crippen molar-refractivity contribution < 1.29 is 18.0 Å². The van der Waals surface area contributed by atoms with Crippen LogP contribution in [0.15, 0.2) is 67.1 Å². The average Bonchev–Trinajstić information content (AvgIpc) is 2.67. The summed E-state index contributed by atoms with van der Waals surface area (Å²) in [6.45, 7) is 0.299. The highest BCUT2D eigenvalue weighted by Crippen LogP contribution is 2.35. The van der Waals surface area contributed by atoms with Crippen molar-refractivity contribution in [3.8, 4) is 0 Å². The molecule has 3 aromatic rings. The number of hydrogen-bond donors (Lipinski definition) is 2. The minimum atomic E-state index is -4.47. The van der Waals surface area contributed by atoms with Gasteiger partial charge in [-0.15, -0.1) is 0 Å². The number of carbonyl (C=O) groups excluding carboxylic acids is 1. The van der Waals surface area contributed by atoms with E-state index in [-0.39, 0.29) is 17.3 Å². The topological polar surface area (TPSA) is 66.9 Å². The number of benzene rings is 1. The number of pyridine rings is 2. The van der Waals surface area contributed by atoms with Gasteiger partial charge in [0.05, 0.1) is 23.1 Å². The van der Waals surface area contributed by atoms with Crippen LogP contribution in [-0.4, -0.2) is 15.9 Å². The second kappa shape index (κ2) is 7.86. The van der Waals surface area contributed by atoms with Crippen molar-refractivity contribution >= 4 is 17.3 Å². The van der Waals surface area contributed by atoms with Crippen LogP contribution in [0.5, 0.6) is 0 Å². The van der Waals surface area contributed by atoms with Crippen LogP contribution in [0.3, 0.4) is 0 Å². The number of amides is 1. The molecule has 0 radical (unpaired) electrons. The molecule has 0 saturated heterocycles. The van der Waals surface area contributed by atoms with Gasteiger partial charge < -0.3 is 10.6 Å². The highest BCUT2D eigenvalue weighted by molar-refractivity contribution is 5.92. The van der Waals surface area contributed by atoms with Crippen molar-refractivity contribution in [3.63, 3.8) is 0 Å². The number of nitrogens with zero attached hydrogens (tertiary/aromatic N) is 2. The van der Waals surface area contributed by atoms with Crippen molar-refractivity contribution in [2.45, 2.75) is 12.7 Å². The first-order valence-electron chi connectivity index (χ1n) is 8.00. The predicted molar refractivity (Wildman–Crippen MR) is 94.4 cm³/mol. The van der Waals surface area contributed by atoms with E-state index in [1.807, 2.05) is 6.07 Å². The van der Waals surface area contributed by atoms with Gasteiger partial charge in [-0.25, -0.2) is 4.98 Å². The SMILES string of the molecule is O=C(NCc1cccnc1)c1ccc(Nc2ccccc2C(F)(F)F)cn1. The first kappa shape index (κ1) is 18.4. The van der Waals surface area contributed by atoms with Crippen LogP contribution in [0.25, 0.3) is 0 Å². The summed E-state index contributed by atoms with van der Waals surface area (Å²) in [7, 11) is 0. The van der Waals surface area contributed by atoms with Crippen LogP contribution in [-0.2, 0) is 12.7 Å². The smallest absolute Gasteiger partial charge is 0.354 e. The van der Waals surface area contributed by atoms with E-state index in [1.165, 1.54) is 36.5 Å². The Balaban J connectivity index is 1.66. The molecule has 1 aromatic carbocycles. The molecule has 0 aliphatic rings. The number of aromatic nitrogens is 2. The van der Waals surface area contributed by atoms with E-state index >= 15 is 0 Å². The lowest BCUT2D eigenvalue weighted by Crippen LogP contribution is -2.23. The zero-order valence-electron chi connectivity index (χ0n) is 14.0. The molecule has 0 unspecified atom stereocenters. The Morgan fingerprint density at radius 1 is 1.00 bits per heavy atom. The molecule has 2 aromatic heterocycles. The molecular weight excluding hydrogens is 357 g/mol. The zero-order chi connectivity index (χ0) is 19.3. The molecule has 1 amide bonds. The van der Waals surface area contributed by atoms with E-state index in [1.54, 1.807) is 18.5 Å². The van der Waals surface area contributed by atoms with Gasteiger partial charge in [0, 0.05) is 18.9 Å². The Kier molecular flexibility index (Phi) is 5.35. The summed E-state index contributed by atoms with van der Waals surface area (Å²) in [4.78, 5) is 20.1. The molecule has 3 rings (SSSR count). The maximum Gasteiger partial charge on any atom is 0.418 e. The molecule has 0 spiro atoms. The maximum atomic E-state index is 13.0. The zero-order valence-corrected chi connectivity index (χ0v) is 14.0. The van der Waals surface area contributed by atoms with Gasteiger partial charge >= 0.3 is 6.18 Å². The van der Waals surface area contributed by atoms with E-state index < -0.39 is 11.7 Å². The number of carbonyl (C=O) groups is 1. The molecule has 0 aliphatic heterocycles. The van der Waals surface area contributed by atoms with E-state index in [9.17, 15) is 18.0 Å². The minimum Gasteiger partial charge on any atom is -0.354 e. The first-order valence-corrected chi connectivity index (χ1v) is 8.00. The molecule has 2 heterocycles. The van der Waals surface area contributed by atoms with Gasteiger partial charge in [-0.3, -0.25) is 9.78 Å². The standard InChI is InChI=1S/C19H15F3N4O/c20-19(21,22)15-5-1-2-6-16(15)26-14-7-8-17(24-12-14)18(27)25-11-13-4-3-9-23-10-13/h1-10,12,26H,11H2,(H,25,27). The number of halogens is 3. The number of hydrogen-bond acceptors (Lipinski definition) is 4. The van der Waals surface area contributed by atoms with Gasteiger partial charge in [0.1, 0.15) is 5.69 Å². The van der Waals surface area contributed by atoms with Crippen molar-refractivity contribution in [3.05, 3.63) is 83.9 Å². The predicted octanol–water partition coefficient (Wildman–Crippen LogP) is 4.17. The van der Waals surface area contributed by atoms with Gasteiger partial charge in [0.25, 0.3) is 5.91 Å². The minimum absolute atomic E-state index is 0.0828. The van der Waals surface area contributed by atoms with Crippen molar-refractivity contribution in [1.29, 1.82) is 0 Å². The lowest BCUT2D eigenvalue weighted by molar-refractivity contribution is -0.136. The molecule has 2 N–H and O–H groups in total. The lowest BCUT2D eigenvalue weighted by atomic mass is 10.1. The molecule has 8 heteroatoms.